The van der Waals surface area contributed by atoms with Gasteiger partial charge in [0.05, 0.1) is 5.56 Å². The minimum absolute atomic E-state index is 0.333. The van der Waals surface area contributed by atoms with Crippen molar-refractivity contribution in [2.75, 3.05) is 0 Å². The van der Waals surface area contributed by atoms with Crippen LogP contribution in [0.5, 0.6) is 0 Å². The molecular formula is C20H17NO2S. The van der Waals surface area contributed by atoms with Crippen molar-refractivity contribution in [2.24, 2.45) is 0 Å². The van der Waals surface area contributed by atoms with Crippen LogP contribution in [0.15, 0.2) is 71.9 Å². The molecule has 3 nitrogen and oxygen atoms in total. The van der Waals surface area contributed by atoms with Gasteiger partial charge in [0.1, 0.15) is 0 Å². The van der Waals surface area contributed by atoms with Crippen molar-refractivity contribution in [1.82, 2.24) is 4.98 Å². The summed E-state index contributed by atoms with van der Waals surface area (Å²) in [6.07, 6.45) is 3.58. The summed E-state index contributed by atoms with van der Waals surface area (Å²) in [5, 5.41) is 9.50. The number of hydrogen-bond donors (Lipinski definition) is 1. The lowest BCUT2D eigenvalue weighted by Crippen LogP contribution is -2.01. The van der Waals surface area contributed by atoms with Crippen molar-refractivity contribution in [3.05, 3.63) is 83.7 Å². The molecule has 0 saturated carbocycles. The van der Waals surface area contributed by atoms with Crippen molar-refractivity contribution in [3.63, 3.8) is 0 Å². The number of hydrogen-bond acceptors (Lipinski definition) is 3. The summed E-state index contributed by atoms with van der Waals surface area (Å²) in [5.41, 5.74) is 4.22. The molecule has 0 saturated heterocycles. The molecule has 0 bridgehead atoms. The molecule has 120 valence electrons. The average Bonchev–Trinajstić information content (AvgIpc) is 2.61. The Morgan fingerprint density at radius 1 is 1.08 bits per heavy atom. The van der Waals surface area contributed by atoms with E-state index in [0.29, 0.717) is 5.56 Å². The van der Waals surface area contributed by atoms with Gasteiger partial charge in [0.15, 0.2) is 0 Å². The number of thioether (sulfide) groups is 1. The largest absolute Gasteiger partial charge is 0.478 e. The lowest BCUT2D eigenvalue weighted by molar-refractivity contribution is 0.0697. The Labute approximate surface area is 145 Å². The van der Waals surface area contributed by atoms with E-state index in [4.69, 9.17) is 0 Å². The van der Waals surface area contributed by atoms with Crippen LogP contribution < -0.4 is 0 Å². The fourth-order valence-corrected chi connectivity index (χ4v) is 3.39. The molecule has 0 aliphatic heterocycles. The summed E-state index contributed by atoms with van der Waals surface area (Å²) in [5.74, 6) is -0.135. The van der Waals surface area contributed by atoms with E-state index in [2.05, 4.69) is 4.98 Å². The van der Waals surface area contributed by atoms with Crippen LogP contribution >= 0.6 is 11.8 Å². The number of carboxylic acids is 1. The molecule has 4 heteroatoms. The molecule has 0 unspecified atom stereocenters. The maximum atomic E-state index is 11.6. The minimum Gasteiger partial charge on any atom is -0.478 e. The number of aryl methyl sites for hydroxylation is 1. The van der Waals surface area contributed by atoms with Gasteiger partial charge in [-0.15, -0.1) is 11.8 Å². The fourth-order valence-electron chi connectivity index (χ4n) is 2.56. The second-order valence-electron chi connectivity index (χ2n) is 5.48. The SMILES string of the molecule is Cc1ccccc1-c1cc(CSc2cccnc2)ccc1C(=O)O. The molecule has 0 aliphatic carbocycles. The number of benzene rings is 2. The fraction of sp³-hybridized carbons (Fsp3) is 0.100. The topological polar surface area (TPSA) is 50.2 Å². The normalized spacial score (nSPS) is 10.5. The number of carbonyl (C=O) groups is 1. The molecule has 1 N–H and O–H groups in total. The Balaban J connectivity index is 1.94. The van der Waals surface area contributed by atoms with E-state index < -0.39 is 5.97 Å². The molecule has 0 aliphatic rings. The van der Waals surface area contributed by atoms with E-state index in [-0.39, 0.29) is 0 Å². The molecule has 0 amide bonds. The highest BCUT2D eigenvalue weighted by Crippen LogP contribution is 2.30. The van der Waals surface area contributed by atoms with Crippen molar-refractivity contribution in [3.8, 4) is 11.1 Å². The molecule has 3 aromatic rings. The van der Waals surface area contributed by atoms with Crippen LogP contribution in [0, 0.1) is 6.92 Å². The van der Waals surface area contributed by atoms with E-state index >= 15 is 0 Å². The Morgan fingerprint density at radius 3 is 2.62 bits per heavy atom. The highest BCUT2D eigenvalue weighted by atomic mass is 32.2. The minimum atomic E-state index is -0.903. The quantitative estimate of drug-likeness (QED) is 0.663. The first-order valence-corrected chi connectivity index (χ1v) is 8.59. The van der Waals surface area contributed by atoms with Crippen molar-refractivity contribution in [2.45, 2.75) is 17.6 Å². The lowest BCUT2D eigenvalue weighted by Gasteiger charge is -2.12. The summed E-state index contributed by atoms with van der Waals surface area (Å²) < 4.78 is 0. The number of rotatable bonds is 5. The van der Waals surface area contributed by atoms with Gasteiger partial charge in [-0.3, -0.25) is 4.98 Å². The third kappa shape index (κ3) is 3.66. The first-order chi connectivity index (χ1) is 11.6. The van der Waals surface area contributed by atoms with E-state index in [9.17, 15) is 9.90 Å². The highest BCUT2D eigenvalue weighted by molar-refractivity contribution is 7.98. The predicted molar refractivity (Wildman–Crippen MR) is 97.4 cm³/mol. The number of aromatic carboxylic acids is 1. The first-order valence-electron chi connectivity index (χ1n) is 7.60. The van der Waals surface area contributed by atoms with Crippen LogP contribution in [0.2, 0.25) is 0 Å². The monoisotopic (exact) mass is 335 g/mol. The van der Waals surface area contributed by atoms with Gasteiger partial charge < -0.3 is 5.11 Å². The summed E-state index contributed by atoms with van der Waals surface area (Å²) in [6.45, 7) is 2.00. The second-order valence-corrected chi connectivity index (χ2v) is 6.53. The maximum absolute atomic E-state index is 11.6. The zero-order valence-electron chi connectivity index (χ0n) is 13.3. The molecule has 24 heavy (non-hydrogen) atoms. The van der Waals surface area contributed by atoms with E-state index in [1.807, 2.05) is 61.7 Å². The molecule has 1 heterocycles. The maximum Gasteiger partial charge on any atom is 0.336 e. The summed E-state index contributed by atoms with van der Waals surface area (Å²) >= 11 is 1.69. The second kappa shape index (κ2) is 7.32. The number of nitrogens with zero attached hydrogens (tertiary/aromatic N) is 1. The average molecular weight is 335 g/mol. The smallest absolute Gasteiger partial charge is 0.336 e. The van der Waals surface area contributed by atoms with Crippen LogP contribution in [0.1, 0.15) is 21.5 Å². The molecular weight excluding hydrogens is 318 g/mol. The van der Waals surface area contributed by atoms with Crippen molar-refractivity contribution >= 4 is 17.7 Å². The Morgan fingerprint density at radius 2 is 1.92 bits per heavy atom. The zero-order valence-corrected chi connectivity index (χ0v) is 14.1. The summed E-state index contributed by atoms with van der Waals surface area (Å²) in [6, 6.07) is 17.4. The number of pyridine rings is 1. The molecule has 0 radical (unpaired) electrons. The highest BCUT2D eigenvalue weighted by Gasteiger charge is 2.14. The molecule has 1 aromatic heterocycles. The summed E-state index contributed by atoms with van der Waals surface area (Å²) in [4.78, 5) is 16.8. The van der Waals surface area contributed by atoms with E-state index in [1.165, 1.54) is 0 Å². The van der Waals surface area contributed by atoms with Crippen LogP contribution in [-0.4, -0.2) is 16.1 Å². The zero-order chi connectivity index (χ0) is 16.9. The van der Waals surface area contributed by atoms with Crippen molar-refractivity contribution in [1.29, 1.82) is 0 Å². The van der Waals surface area contributed by atoms with Crippen LogP contribution in [0.4, 0.5) is 0 Å². The first kappa shape index (κ1) is 16.3. The predicted octanol–water partition coefficient (Wildman–Crippen LogP) is 5.05. The number of aromatic nitrogens is 1. The van der Waals surface area contributed by atoms with Gasteiger partial charge in [-0.05, 0) is 53.4 Å². The third-order valence-corrected chi connectivity index (χ3v) is 4.84. The van der Waals surface area contributed by atoms with Gasteiger partial charge in [-0.2, -0.15) is 0 Å². The van der Waals surface area contributed by atoms with Crippen LogP contribution in [0.3, 0.4) is 0 Å². The van der Waals surface area contributed by atoms with Gasteiger partial charge in [0.2, 0.25) is 0 Å². The molecule has 2 aromatic carbocycles. The lowest BCUT2D eigenvalue weighted by atomic mass is 9.94. The van der Waals surface area contributed by atoms with Gasteiger partial charge in [-0.1, -0.05) is 30.3 Å². The van der Waals surface area contributed by atoms with Gasteiger partial charge in [-0.25, -0.2) is 4.79 Å². The molecule has 0 atom stereocenters. The van der Waals surface area contributed by atoms with Crippen molar-refractivity contribution < 1.29 is 9.90 Å². The standard InChI is InChI=1S/C20H17NO2S/c1-14-5-2-3-7-17(14)19-11-15(8-9-18(19)20(22)23)13-24-16-6-4-10-21-12-16/h2-12H,13H2,1H3,(H,22,23). The van der Waals surface area contributed by atoms with E-state index in [1.54, 1.807) is 24.0 Å². The van der Waals surface area contributed by atoms with E-state index in [0.717, 1.165) is 32.9 Å². The van der Waals surface area contributed by atoms with Gasteiger partial charge in [0, 0.05) is 23.0 Å². The Kier molecular flexibility index (Phi) is 4.96. The van der Waals surface area contributed by atoms with Gasteiger partial charge in [0.25, 0.3) is 0 Å². The van der Waals surface area contributed by atoms with Gasteiger partial charge >= 0.3 is 5.97 Å². The molecule has 3 rings (SSSR count). The van der Waals surface area contributed by atoms with Crippen LogP contribution in [0.25, 0.3) is 11.1 Å². The Bertz CT molecular complexity index is 863. The molecule has 0 spiro atoms. The van der Waals surface area contributed by atoms with Crippen LogP contribution in [-0.2, 0) is 5.75 Å². The Hall–Kier alpha value is -2.59. The summed E-state index contributed by atoms with van der Waals surface area (Å²) in [7, 11) is 0. The third-order valence-electron chi connectivity index (χ3n) is 3.79. The number of carboxylic acid groups (broad SMARTS) is 1. The molecule has 0 fully saturated rings.